The highest BCUT2D eigenvalue weighted by molar-refractivity contribution is 5.08. The lowest BCUT2D eigenvalue weighted by Gasteiger charge is -2.03. The number of rotatable bonds is 2. The molecule has 2 rings (SSSR count). The predicted molar refractivity (Wildman–Crippen MR) is 55.4 cm³/mol. The van der Waals surface area contributed by atoms with E-state index in [-0.39, 0.29) is 5.56 Å². The Hall–Kier alpha value is -1.12. The maximum atomic E-state index is 11.7. The van der Waals surface area contributed by atoms with Gasteiger partial charge < -0.3 is 0 Å². The fourth-order valence-electron chi connectivity index (χ4n) is 2.03. The van der Waals surface area contributed by atoms with E-state index in [0.29, 0.717) is 5.92 Å². The molecule has 0 saturated heterocycles. The molecule has 0 spiro atoms. The standard InChI is InChI=1S/C11H16N2O/c1-3-4-9-6-11(14)13-7-8(2)5-10(13)12-9/h6,8H,3-5,7H2,1-2H3/t8-/m1/s1. The Morgan fingerprint density at radius 2 is 2.43 bits per heavy atom. The highest BCUT2D eigenvalue weighted by Gasteiger charge is 2.19. The van der Waals surface area contributed by atoms with Crippen molar-refractivity contribution < 1.29 is 0 Å². The van der Waals surface area contributed by atoms with Crippen molar-refractivity contribution in [2.75, 3.05) is 0 Å². The fourth-order valence-corrected chi connectivity index (χ4v) is 2.03. The van der Waals surface area contributed by atoms with Crippen LogP contribution in [0.3, 0.4) is 0 Å². The van der Waals surface area contributed by atoms with Crippen molar-refractivity contribution in [2.24, 2.45) is 5.92 Å². The summed E-state index contributed by atoms with van der Waals surface area (Å²) in [4.78, 5) is 16.2. The van der Waals surface area contributed by atoms with Gasteiger partial charge in [-0.25, -0.2) is 4.98 Å². The van der Waals surface area contributed by atoms with Crippen LogP contribution in [0, 0.1) is 5.92 Å². The summed E-state index contributed by atoms with van der Waals surface area (Å²) in [6, 6.07) is 1.69. The van der Waals surface area contributed by atoms with Crippen LogP contribution in [-0.2, 0) is 19.4 Å². The van der Waals surface area contributed by atoms with E-state index >= 15 is 0 Å². The first-order valence-electron chi connectivity index (χ1n) is 5.30. The zero-order valence-electron chi connectivity index (χ0n) is 8.79. The molecule has 0 bridgehead atoms. The molecule has 0 aromatic carbocycles. The Balaban J connectivity index is 2.41. The van der Waals surface area contributed by atoms with Crippen LogP contribution in [0.15, 0.2) is 10.9 Å². The molecule has 0 unspecified atom stereocenters. The summed E-state index contributed by atoms with van der Waals surface area (Å²) >= 11 is 0. The number of fused-ring (bicyclic) bond motifs is 1. The smallest absolute Gasteiger partial charge is 0.253 e. The first-order valence-corrected chi connectivity index (χ1v) is 5.30. The Bertz CT molecular complexity index is 395. The number of aryl methyl sites for hydroxylation is 1. The molecule has 3 nitrogen and oxygen atoms in total. The third kappa shape index (κ3) is 1.59. The van der Waals surface area contributed by atoms with Crippen molar-refractivity contribution in [3.8, 4) is 0 Å². The van der Waals surface area contributed by atoms with Gasteiger partial charge in [-0.15, -0.1) is 0 Å². The average molecular weight is 192 g/mol. The molecule has 14 heavy (non-hydrogen) atoms. The minimum absolute atomic E-state index is 0.128. The van der Waals surface area contributed by atoms with Crippen molar-refractivity contribution in [2.45, 2.75) is 39.7 Å². The van der Waals surface area contributed by atoms with Crippen molar-refractivity contribution in [1.29, 1.82) is 0 Å². The molecule has 1 aliphatic rings. The molecule has 0 amide bonds. The van der Waals surface area contributed by atoms with Gasteiger partial charge in [-0.3, -0.25) is 9.36 Å². The van der Waals surface area contributed by atoms with Crippen LogP contribution in [0.25, 0.3) is 0 Å². The second kappa shape index (κ2) is 3.56. The molecule has 1 aliphatic heterocycles. The van der Waals surface area contributed by atoms with E-state index in [0.717, 1.165) is 37.3 Å². The topological polar surface area (TPSA) is 34.9 Å². The Labute approximate surface area is 83.8 Å². The van der Waals surface area contributed by atoms with Crippen LogP contribution in [0.5, 0.6) is 0 Å². The summed E-state index contributed by atoms with van der Waals surface area (Å²) in [7, 11) is 0. The van der Waals surface area contributed by atoms with Gasteiger partial charge in [-0.1, -0.05) is 20.3 Å². The second-order valence-electron chi connectivity index (χ2n) is 4.17. The summed E-state index contributed by atoms with van der Waals surface area (Å²) in [5.74, 6) is 1.54. The van der Waals surface area contributed by atoms with Crippen LogP contribution in [-0.4, -0.2) is 9.55 Å². The molecule has 3 heteroatoms. The number of hydrogen-bond donors (Lipinski definition) is 0. The van der Waals surface area contributed by atoms with Gasteiger partial charge in [0.05, 0.1) is 0 Å². The lowest BCUT2D eigenvalue weighted by molar-refractivity contribution is 0.556. The zero-order chi connectivity index (χ0) is 10.1. The first kappa shape index (κ1) is 9.44. The largest absolute Gasteiger partial charge is 0.296 e. The maximum Gasteiger partial charge on any atom is 0.253 e. The van der Waals surface area contributed by atoms with Crippen molar-refractivity contribution in [1.82, 2.24) is 9.55 Å². The molecule has 0 fully saturated rings. The minimum Gasteiger partial charge on any atom is -0.296 e. The lowest BCUT2D eigenvalue weighted by Crippen LogP contribution is -2.21. The minimum atomic E-state index is 0.128. The second-order valence-corrected chi connectivity index (χ2v) is 4.17. The van der Waals surface area contributed by atoms with Gasteiger partial charge in [0.1, 0.15) is 5.82 Å². The van der Waals surface area contributed by atoms with E-state index in [1.165, 1.54) is 0 Å². The summed E-state index contributed by atoms with van der Waals surface area (Å²) in [5, 5.41) is 0. The highest BCUT2D eigenvalue weighted by Crippen LogP contribution is 2.15. The van der Waals surface area contributed by atoms with Gasteiger partial charge >= 0.3 is 0 Å². The van der Waals surface area contributed by atoms with Crippen molar-refractivity contribution >= 4 is 0 Å². The first-order chi connectivity index (χ1) is 6.70. The number of nitrogens with zero attached hydrogens (tertiary/aromatic N) is 2. The number of aromatic nitrogens is 2. The summed E-state index contributed by atoms with van der Waals surface area (Å²) < 4.78 is 1.81. The Morgan fingerprint density at radius 3 is 3.14 bits per heavy atom. The van der Waals surface area contributed by atoms with Gasteiger partial charge in [0, 0.05) is 24.7 Å². The van der Waals surface area contributed by atoms with Gasteiger partial charge in [0.15, 0.2) is 0 Å². The quantitative estimate of drug-likeness (QED) is 0.709. The van der Waals surface area contributed by atoms with E-state index in [1.54, 1.807) is 6.07 Å². The van der Waals surface area contributed by atoms with E-state index in [4.69, 9.17) is 0 Å². The normalized spacial score (nSPS) is 19.7. The number of hydrogen-bond acceptors (Lipinski definition) is 2. The van der Waals surface area contributed by atoms with Crippen molar-refractivity contribution in [3.05, 3.63) is 27.9 Å². The van der Waals surface area contributed by atoms with Crippen LogP contribution in [0.2, 0.25) is 0 Å². The van der Waals surface area contributed by atoms with Crippen LogP contribution < -0.4 is 5.56 Å². The molecule has 76 valence electrons. The molecule has 1 aromatic heterocycles. The third-order valence-electron chi connectivity index (χ3n) is 2.67. The summed E-state index contributed by atoms with van der Waals surface area (Å²) in [6.07, 6.45) is 2.91. The SMILES string of the molecule is CCCc1cc(=O)n2c(n1)C[C@@H](C)C2. The van der Waals surface area contributed by atoms with Crippen LogP contribution >= 0.6 is 0 Å². The van der Waals surface area contributed by atoms with E-state index in [1.807, 2.05) is 4.57 Å². The van der Waals surface area contributed by atoms with Gasteiger partial charge in [0.25, 0.3) is 5.56 Å². The Morgan fingerprint density at radius 1 is 1.64 bits per heavy atom. The third-order valence-corrected chi connectivity index (χ3v) is 2.67. The molecular weight excluding hydrogens is 176 g/mol. The predicted octanol–water partition coefficient (Wildman–Crippen LogP) is 1.39. The Kier molecular flexibility index (Phi) is 2.40. The van der Waals surface area contributed by atoms with Gasteiger partial charge in [-0.2, -0.15) is 0 Å². The van der Waals surface area contributed by atoms with Crippen LogP contribution in [0.4, 0.5) is 0 Å². The molecule has 1 atom stereocenters. The summed E-state index contributed by atoms with van der Waals surface area (Å²) in [5.41, 5.74) is 1.08. The molecular formula is C11H16N2O. The highest BCUT2D eigenvalue weighted by atomic mass is 16.1. The van der Waals surface area contributed by atoms with E-state index in [2.05, 4.69) is 18.8 Å². The fraction of sp³-hybridized carbons (Fsp3) is 0.636. The average Bonchev–Trinajstić information content (AvgIpc) is 2.47. The molecule has 0 aliphatic carbocycles. The monoisotopic (exact) mass is 192 g/mol. The van der Waals surface area contributed by atoms with Crippen LogP contribution in [0.1, 0.15) is 31.8 Å². The van der Waals surface area contributed by atoms with E-state index in [9.17, 15) is 4.79 Å². The lowest BCUT2D eigenvalue weighted by atomic mass is 10.1. The molecule has 0 N–H and O–H groups in total. The molecule has 0 radical (unpaired) electrons. The molecule has 1 aromatic rings. The maximum absolute atomic E-state index is 11.7. The van der Waals surface area contributed by atoms with Gasteiger partial charge in [0.2, 0.25) is 0 Å². The van der Waals surface area contributed by atoms with E-state index < -0.39 is 0 Å². The van der Waals surface area contributed by atoms with Gasteiger partial charge in [-0.05, 0) is 12.3 Å². The molecule has 0 saturated carbocycles. The van der Waals surface area contributed by atoms with Crippen molar-refractivity contribution in [3.63, 3.8) is 0 Å². The zero-order valence-corrected chi connectivity index (χ0v) is 8.79. The molecule has 2 heterocycles. The summed E-state index contributed by atoms with van der Waals surface area (Å²) in [6.45, 7) is 5.11.